The van der Waals surface area contributed by atoms with Crippen molar-refractivity contribution in [1.29, 1.82) is 0 Å². The molecule has 3 aromatic rings. The summed E-state index contributed by atoms with van der Waals surface area (Å²) >= 11 is 3.32. The van der Waals surface area contributed by atoms with Crippen molar-refractivity contribution < 1.29 is 14.3 Å². The van der Waals surface area contributed by atoms with Crippen molar-refractivity contribution in [2.24, 2.45) is 0 Å². The second kappa shape index (κ2) is 7.35. The van der Waals surface area contributed by atoms with Crippen LogP contribution in [0.2, 0.25) is 0 Å². The van der Waals surface area contributed by atoms with Gasteiger partial charge in [-0.15, -0.1) is 0 Å². The molecule has 0 radical (unpaired) electrons. The minimum Gasteiger partial charge on any atom is -0.461 e. The Morgan fingerprint density at radius 2 is 2.00 bits per heavy atom. The van der Waals surface area contributed by atoms with Crippen LogP contribution in [0.25, 0.3) is 5.95 Å². The lowest BCUT2D eigenvalue weighted by atomic mass is 10.0. The van der Waals surface area contributed by atoms with E-state index in [1.165, 1.54) is 10.9 Å². The van der Waals surface area contributed by atoms with Crippen molar-refractivity contribution in [2.75, 3.05) is 6.61 Å². The Hall–Kier alpha value is -2.87. The van der Waals surface area contributed by atoms with Gasteiger partial charge in [-0.3, -0.25) is 4.79 Å². The maximum Gasteiger partial charge on any atom is 0.357 e. The molecule has 0 aliphatic rings. The summed E-state index contributed by atoms with van der Waals surface area (Å²) in [6.07, 6.45) is 4.52. The molecule has 2 heterocycles. The van der Waals surface area contributed by atoms with Crippen LogP contribution in [0.15, 0.2) is 53.4 Å². The number of carbonyl (C=O) groups excluding carboxylic acids is 2. The number of carbonyl (C=O) groups is 2. The highest BCUT2D eigenvalue weighted by atomic mass is 79.9. The first-order valence-electron chi connectivity index (χ1n) is 7.44. The van der Waals surface area contributed by atoms with Gasteiger partial charge in [0.15, 0.2) is 11.5 Å². The first-order valence-corrected chi connectivity index (χ1v) is 8.24. The zero-order valence-electron chi connectivity index (χ0n) is 13.2. The number of ketones is 1. The van der Waals surface area contributed by atoms with Crippen molar-refractivity contribution in [3.05, 3.63) is 70.2 Å². The van der Waals surface area contributed by atoms with Crippen LogP contribution in [-0.4, -0.2) is 38.1 Å². The number of rotatable bonds is 5. The number of hydrogen-bond acceptors (Lipinski definition) is 6. The lowest BCUT2D eigenvalue weighted by Crippen LogP contribution is -2.17. The van der Waals surface area contributed by atoms with Crippen LogP contribution in [0, 0.1) is 0 Å². The van der Waals surface area contributed by atoms with Gasteiger partial charge in [-0.25, -0.2) is 19.4 Å². The van der Waals surface area contributed by atoms with E-state index >= 15 is 0 Å². The highest BCUT2D eigenvalue weighted by molar-refractivity contribution is 9.10. The molecule has 0 aliphatic heterocycles. The van der Waals surface area contributed by atoms with E-state index in [9.17, 15) is 9.59 Å². The average Bonchev–Trinajstić information content (AvgIpc) is 3.16. The predicted octanol–water partition coefficient (Wildman–Crippen LogP) is 2.83. The zero-order chi connectivity index (χ0) is 17.8. The highest BCUT2D eigenvalue weighted by Crippen LogP contribution is 2.17. The predicted molar refractivity (Wildman–Crippen MR) is 92.7 cm³/mol. The summed E-state index contributed by atoms with van der Waals surface area (Å²) in [5, 5.41) is 4.02. The van der Waals surface area contributed by atoms with E-state index in [0.717, 1.165) is 4.47 Å². The molecular formula is C17H13BrN4O3. The fraction of sp³-hybridized carbons (Fsp3) is 0.118. The van der Waals surface area contributed by atoms with Crippen LogP contribution >= 0.6 is 15.9 Å². The van der Waals surface area contributed by atoms with Gasteiger partial charge < -0.3 is 4.74 Å². The fourth-order valence-corrected chi connectivity index (χ4v) is 2.41. The first-order chi connectivity index (χ1) is 12.1. The Morgan fingerprint density at radius 3 is 2.64 bits per heavy atom. The topological polar surface area (TPSA) is 87.0 Å². The van der Waals surface area contributed by atoms with Gasteiger partial charge in [0.25, 0.3) is 5.95 Å². The van der Waals surface area contributed by atoms with Gasteiger partial charge in [0, 0.05) is 28.6 Å². The fourth-order valence-electron chi connectivity index (χ4n) is 2.15. The number of halogens is 1. The largest absolute Gasteiger partial charge is 0.461 e. The molecule has 7 nitrogen and oxygen atoms in total. The minimum atomic E-state index is -0.682. The Morgan fingerprint density at radius 1 is 1.24 bits per heavy atom. The van der Waals surface area contributed by atoms with E-state index in [4.69, 9.17) is 4.74 Å². The summed E-state index contributed by atoms with van der Waals surface area (Å²) in [5.41, 5.74) is 0.413. The second-order valence-corrected chi connectivity index (χ2v) is 5.86. The second-order valence-electron chi connectivity index (χ2n) is 4.94. The third-order valence-electron chi connectivity index (χ3n) is 3.31. The van der Waals surface area contributed by atoms with E-state index in [1.807, 2.05) is 0 Å². The van der Waals surface area contributed by atoms with E-state index in [2.05, 4.69) is 31.0 Å². The summed E-state index contributed by atoms with van der Waals surface area (Å²) in [7, 11) is 0. The van der Waals surface area contributed by atoms with Crippen LogP contribution in [-0.2, 0) is 4.74 Å². The third kappa shape index (κ3) is 3.63. The number of benzene rings is 1. The number of ether oxygens (including phenoxy) is 1. The Balaban J connectivity index is 2.06. The molecule has 3 rings (SSSR count). The van der Waals surface area contributed by atoms with Crippen molar-refractivity contribution in [3.8, 4) is 5.95 Å². The Labute approximate surface area is 151 Å². The van der Waals surface area contributed by atoms with Gasteiger partial charge in [0.05, 0.1) is 12.2 Å². The molecule has 0 saturated heterocycles. The molecule has 126 valence electrons. The molecule has 1 aromatic carbocycles. The van der Waals surface area contributed by atoms with Gasteiger partial charge in [-0.2, -0.15) is 5.10 Å². The van der Waals surface area contributed by atoms with E-state index < -0.39 is 5.97 Å². The number of aromatic nitrogens is 4. The molecular weight excluding hydrogens is 388 g/mol. The standard InChI is InChI=1S/C17H13BrN4O3/c1-2-25-16(24)14-13(15(23)11-4-6-12(18)7-5-11)10-19-17(21-14)22-9-3-8-20-22/h3-10H,2H2,1H3. The van der Waals surface area contributed by atoms with Crippen molar-refractivity contribution >= 4 is 27.7 Å². The van der Waals surface area contributed by atoms with E-state index in [1.54, 1.807) is 49.6 Å². The summed E-state index contributed by atoms with van der Waals surface area (Å²) in [5.74, 6) is -0.859. The number of hydrogen-bond donors (Lipinski definition) is 0. The third-order valence-corrected chi connectivity index (χ3v) is 3.83. The van der Waals surface area contributed by atoms with Crippen LogP contribution in [0.1, 0.15) is 33.3 Å². The lowest BCUT2D eigenvalue weighted by Gasteiger charge is -2.09. The maximum absolute atomic E-state index is 12.8. The van der Waals surface area contributed by atoms with Gasteiger partial charge in [0.2, 0.25) is 0 Å². The average molecular weight is 401 g/mol. The van der Waals surface area contributed by atoms with Crippen LogP contribution < -0.4 is 0 Å². The van der Waals surface area contributed by atoms with Crippen molar-refractivity contribution in [3.63, 3.8) is 0 Å². The molecule has 25 heavy (non-hydrogen) atoms. The monoisotopic (exact) mass is 400 g/mol. The molecule has 0 amide bonds. The molecule has 0 spiro atoms. The first kappa shape index (κ1) is 17.0. The molecule has 0 saturated carbocycles. The van der Waals surface area contributed by atoms with E-state index in [0.29, 0.717) is 5.56 Å². The minimum absolute atomic E-state index is 0.0803. The SMILES string of the molecule is CCOC(=O)c1nc(-n2cccn2)ncc1C(=O)c1ccc(Br)cc1. The molecule has 0 bridgehead atoms. The number of esters is 1. The molecule has 0 fully saturated rings. The van der Waals surface area contributed by atoms with Gasteiger partial charge in [-0.05, 0) is 37.3 Å². The Kier molecular flexibility index (Phi) is 4.99. The molecule has 0 aliphatic carbocycles. The highest BCUT2D eigenvalue weighted by Gasteiger charge is 2.23. The number of nitrogens with zero attached hydrogens (tertiary/aromatic N) is 4. The summed E-state index contributed by atoms with van der Waals surface area (Å²) in [6.45, 7) is 1.86. The summed E-state index contributed by atoms with van der Waals surface area (Å²) in [6, 6.07) is 8.51. The molecule has 0 atom stereocenters. The normalized spacial score (nSPS) is 10.5. The maximum atomic E-state index is 12.8. The molecule has 8 heteroatoms. The zero-order valence-corrected chi connectivity index (χ0v) is 14.8. The Bertz CT molecular complexity index is 908. The van der Waals surface area contributed by atoms with Crippen LogP contribution in [0.5, 0.6) is 0 Å². The van der Waals surface area contributed by atoms with Gasteiger partial charge in [0.1, 0.15) is 0 Å². The smallest absolute Gasteiger partial charge is 0.357 e. The molecule has 0 N–H and O–H groups in total. The van der Waals surface area contributed by atoms with Crippen LogP contribution in [0.4, 0.5) is 0 Å². The van der Waals surface area contributed by atoms with Crippen molar-refractivity contribution in [2.45, 2.75) is 6.92 Å². The van der Waals surface area contributed by atoms with Crippen molar-refractivity contribution in [1.82, 2.24) is 19.7 Å². The lowest BCUT2D eigenvalue weighted by molar-refractivity contribution is 0.0516. The van der Waals surface area contributed by atoms with E-state index in [-0.39, 0.29) is 29.6 Å². The van der Waals surface area contributed by atoms with Crippen LogP contribution in [0.3, 0.4) is 0 Å². The molecule has 2 aromatic heterocycles. The summed E-state index contributed by atoms with van der Waals surface area (Å²) < 4.78 is 7.27. The summed E-state index contributed by atoms with van der Waals surface area (Å²) in [4.78, 5) is 33.4. The van der Waals surface area contributed by atoms with Gasteiger partial charge in [-0.1, -0.05) is 15.9 Å². The van der Waals surface area contributed by atoms with Gasteiger partial charge >= 0.3 is 5.97 Å². The quantitative estimate of drug-likeness (QED) is 0.483. The molecule has 0 unspecified atom stereocenters.